The van der Waals surface area contributed by atoms with Crippen molar-refractivity contribution >= 4 is 0 Å². The Morgan fingerprint density at radius 3 is 2.40 bits per heavy atom. The molecule has 0 fully saturated rings. The summed E-state index contributed by atoms with van der Waals surface area (Å²) in [6.45, 7) is 12.1. The first-order valence-electron chi connectivity index (χ1n) is 5.48. The quantitative estimate of drug-likeness (QED) is 0.724. The molecule has 0 aliphatic heterocycles. The smallest absolute Gasteiger partial charge is 0.0854 e. The molecular weight excluding hydrogens is 186 g/mol. The van der Waals surface area contributed by atoms with Gasteiger partial charge in [-0.2, -0.15) is 0 Å². The van der Waals surface area contributed by atoms with Crippen molar-refractivity contribution < 1.29 is 5.11 Å². The zero-order valence-corrected chi connectivity index (χ0v) is 10.1. The summed E-state index contributed by atoms with van der Waals surface area (Å²) in [4.78, 5) is 3.42. The van der Waals surface area contributed by atoms with Crippen molar-refractivity contribution in [1.29, 1.82) is 0 Å². The maximum atomic E-state index is 9.11. The minimum Gasteiger partial charge on any atom is -0.513 e. The predicted octanol–water partition coefficient (Wildman–Crippen LogP) is 3.76. The third kappa shape index (κ3) is 2.65. The summed E-state index contributed by atoms with van der Waals surface area (Å²) < 4.78 is 0. The average molecular weight is 207 g/mol. The van der Waals surface area contributed by atoms with Gasteiger partial charge in [0.2, 0.25) is 0 Å². The van der Waals surface area contributed by atoms with Crippen molar-refractivity contribution in [2.24, 2.45) is 0 Å². The maximum Gasteiger partial charge on any atom is 0.0854 e. The lowest BCUT2D eigenvalue weighted by Gasteiger charge is -2.05. The highest BCUT2D eigenvalue weighted by atomic mass is 16.3. The Kier molecular flexibility index (Phi) is 3.61. The van der Waals surface area contributed by atoms with E-state index < -0.39 is 0 Å². The molecule has 1 heterocycles. The number of H-pyrrole nitrogens is 1. The van der Waals surface area contributed by atoms with Gasteiger partial charge in [-0.3, -0.25) is 0 Å². The lowest BCUT2D eigenvalue weighted by molar-refractivity contribution is 0.391. The van der Waals surface area contributed by atoms with Crippen molar-refractivity contribution in [3.05, 3.63) is 34.9 Å². The van der Waals surface area contributed by atoms with Crippen molar-refractivity contribution in [2.75, 3.05) is 0 Å². The molecule has 0 atom stereocenters. The second kappa shape index (κ2) is 4.56. The molecular formula is C13H21NO. The molecule has 0 aliphatic carbocycles. The summed E-state index contributed by atoms with van der Waals surface area (Å²) >= 11 is 0. The number of aryl methyl sites for hydroxylation is 1. The van der Waals surface area contributed by atoms with Crippen molar-refractivity contribution in [3.63, 3.8) is 0 Å². The summed E-state index contributed by atoms with van der Waals surface area (Å²) in [6, 6.07) is 0. The Balaban J connectivity index is 2.92. The van der Waals surface area contributed by atoms with Crippen LogP contribution in [0.2, 0.25) is 0 Å². The number of aromatic nitrogens is 1. The third-order valence-corrected chi connectivity index (χ3v) is 2.87. The van der Waals surface area contributed by atoms with Crippen LogP contribution in [0.3, 0.4) is 0 Å². The van der Waals surface area contributed by atoms with Gasteiger partial charge >= 0.3 is 0 Å². The number of nitrogens with one attached hydrogen (secondary N) is 1. The van der Waals surface area contributed by atoms with Crippen LogP contribution in [-0.4, -0.2) is 10.1 Å². The number of aromatic amines is 1. The van der Waals surface area contributed by atoms with Gasteiger partial charge in [0, 0.05) is 17.8 Å². The third-order valence-electron chi connectivity index (χ3n) is 2.87. The van der Waals surface area contributed by atoms with Gasteiger partial charge in [0.05, 0.1) is 5.76 Å². The summed E-state index contributed by atoms with van der Waals surface area (Å²) in [6.07, 6.45) is 1.52. The van der Waals surface area contributed by atoms with E-state index in [-0.39, 0.29) is 5.76 Å². The van der Waals surface area contributed by atoms with Crippen LogP contribution >= 0.6 is 0 Å². The lowest BCUT2D eigenvalue weighted by Crippen LogP contribution is -1.92. The normalized spacial score (nSPS) is 11.0. The summed E-state index contributed by atoms with van der Waals surface area (Å²) in [5, 5.41) is 9.11. The molecule has 0 spiro atoms. The molecule has 1 aromatic heterocycles. The van der Waals surface area contributed by atoms with Gasteiger partial charge in [-0.1, -0.05) is 20.4 Å². The molecule has 0 amide bonds. The first-order chi connectivity index (χ1) is 6.93. The van der Waals surface area contributed by atoms with E-state index in [0.29, 0.717) is 12.3 Å². The second-order valence-electron chi connectivity index (χ2n) is 4.49. The highest BCUT2D eigenvalue weighted by molar-refractivity contribution is 5.37. The van der Waals surface area contributed by atoms with Crippen LogP contribution in [0.1, 0.15) is 48.7 Å². The van der Waals surface area contributed by atoms with E-state index in [2.05, 4.69) is 39.3 Å². The summed E-state index contributed by atoms with van der Waals surface area (Å²) in [7, 11) is 0. The van der Waals surface area contributed by atoms with Gasteiger partial charge in [-0.25, -0.2) is 0 Å². The lowest BCUT2D eigenvalue weighted by atomic mass is 10.0. The van der Waals surface area contributed by atoms with Crippen molar-refractivity contribution in [2.45, 2.75) is 46.5 Å². The van der Waals surface area contributed by atoms with Gasteiger partial charge in [0.15, 0.2) is 0 Å². The number of allylic oxidation sites excluding steroid dienone is 1. The molecule has 0 aromatic carbocycles. The molecule has 0 aliphatic rings. The first kappa shape index (κ1) is 11.9. The van der Waals surface area contributed by atoms with Crippen LogP contribution in [-0.2, 0) is 6.42 Å². The van der Waals surface area contributed by atoms with Gasteiger partial charge in [-0.15, -0.1) is 0 Å². The van der Waals surface area contributed by atoms with Crippen LogP contribution in [0, 0.1) is 13.8 Å². The molecule has 1 rings (SSSR count). The number of aliphatic hydroxyl groups is 1. The fraction of sp³-hybridized carbons (Fsp3) is 0.538. The van der Waals surface area contributed by atoms with E-state index >= 15 is 0 Å². The molecule has 0 radical (unpaired) electrons. The van der Waals surface area contributed by atoms with E-state index in [1.165, 1.54) is 22.5 Å². The van der Waals surface area contributed by atoms with Crippen molar-refractivity contribution in [1.82, 2.24) is 4.98 Å². The SMILES string of the molecule is C=C(O)CCc1c(C)[nH]c(C(C)C)c1C. The molecule has 0 bridgehead atoms. The molecule has 84 valence electrons. The Morgan fingerprint density at radius 2 is 2.00 bits per heavy atom. The Hall–Kier alpha value is -1.18. The van der Waals surface area contributed by atoms with Crippen LogP contribution in [0.15, 0.2) is 12.3 Å². The van der Waals surface area contributed by atoms with Crippen molar-refractivity contribution in [3.8, 4) is 0 Å². The van der Waals surface area contributed by atoms with E-state index in [0.717, 1.165) is 6.42 Å². The molecule has 0 saturated heterocycles. The highest BCUT2D eigenvalue weighted by Gasteiger charge is 2.13. The van der Waals surface area contributed by atoms with Crippen LogP contribution in [0.5, 0.6) is 0 Å². The number of aliphatic hydroxyl groups excluding tert-OH is 1. The second-order valence-corrected chi connectivity index (χ2v) is 4.49. The molecule has 0 unspecified atom stereocenters. The van der Waals surface area contributed by atoms with Gasteiger partial charge in [0.1, 0.15) is 0 Å². The van der Waals surface area contributed by atoms with Crippen LogP contribution < -0.4 is 0 Å². The topological polar surface area (TPSA) is 36.0 Å². The fourth-order valence-corrected chi connectivity index (χ4v) is 2.04. The average Bonchev–Trinajstić information content (AvgIpc) is 2.39. The zero-order valence-electron chi connectivity index (χ0n) is 10.1. The number of hydrogen-bond donors (Lipinski definition) is 2. The Labute approximate surface area is 92.0 Å². The predicted molar refractivity (Wildman–Crippen MR) is 64.4 cm³/mol. The minimum atomic E-state index is 0.265. The fourth-order valence-electron chi connectivity index (χ4n) is 2.04. The Bertz CT molecular complexity index is 361. The summed E-state index contributed by atoms with van der Waals surface area (Å²) in [5.41, 5.74) is 5.20. The standard InChI is InChI=1S/C13H21NO/c1-8(2)13-10(4)12(11(5)14-13)7-6-9(3)15/h8,14-15H,3,6-7H2,1-2,4-5H3. The van der Waals surface area contributed by atoms with E-state index in [1.54, 1.807) is 0 Å². The largest absolute Gasteiger partial charge is 0.513 e. The molecule has 2 N–H and O–H groups in total. The van der Waals surface area contributed by atoms with E-state index in [4.69, 9.17) is 5.11 Å². The van der Waals surface area contributed by atoms with E-state index in [1.807, 2.05) is 0 Å². The summed E-state index contributed by atoms with van der Waals surface area (Å²) in [5.74, 6) is 0.788. The van der Waals surface area contributed by atoms with Gasteiger partial charge in [0.25, 0.3) is 0 Å². The minimum absolute atomic E-state index is 0.265. The van der Waals surface area contributed by atoms with E-state index in [9.17, 15) is 0 Å². The maximum absolute atomic E-state index is 9.11. The van der Waals surface area contributed by atoms with Crippen LogP contribution in [0.25, 0.3) is 0 Å². The van der Waals surface area contributed by atoms with Crippen LogP contribution in [0.4, 0.5) is 0 Å². The zero-order chi connectivity index (χ0) is 11.6. The number of hydrogen-bond acceptors (Lipinski definition) is 1. The highest BCUT2D eigenvalue weighted by Crippen LogP contribution is 2.25. The van der Waals surface area contributed by atoms with Gasteiger partial charge in [-0.05, 0) is 37.3 Å². The molecule has 0 saturated carbocycles. The van der Waals surface area contributed by atoms with Gasteiger partial charge < -0.3 is 10.1 Å². The molecule has 2 heteroatoms. The molecule has 15 heavy (non-hydrogen) atoms. The first-order valence-corrected chi connectivity index (χ1v) is 5.48. The number of rotatable bonds is 4. The molecule has 1 aromatic rings. The molecule has 2 nitrogen and oxygen atoms in total. The monoisotopic (exact) mass is 207 g/mol. The Morgan fingerprint density at radius 1 is 1.40 bits per heavy atom.